The van der Waals surface area contributed by atoms with Crippen molar-refractivity contribution in [1.82, 2.24) is 0 Å². The summed E-state index contributed by atoms with van der Waals surface area (Å²) in [4.78, 5) is -1.37. The van der Waals surface area contributed by atoms with Crippen molar-refractivity contribution in [2.24, 2.45) is 20.5 Å². The summed E-state index contributed by atoms with van der Waals surface area (Å²) in [5.41, 5.74) is 5.81. The van der Waals surface area contributed by atoms with Crippen molar-refractivity contribution >= 4 is 63.9 Å². The Hall–Kier alpha value is -5.65. The van der Waals surface area contributed by atoms with E-state index in [0.29, 0.717) is 23.1 Å². The van der Waals surface area contributed by atoms with Crippen molar-refractivity contribution in [3.63, 3.8) is 0 Å². The van der Waals surface area contributed by atoms with Gasteiger partial charge in [-0.25, -0.2) is 0 Å². The third kappa shape index (κ3) is 8.54. The molecule has 0 amide bonds. The van der Waals surface area contributed by atoms with Gasteiger partial charge in [0, 0.05) is 5.39 Å². The van der Waals surface area contributed by atoms with Crippen LogP contribution in [0.25, 0.3) is 21.9 Å². The van der Waals surface area contributed by atoms with Gasteiger partial charge in [-0.15, -0.1) is 5.11 Å². The number of benzene rings is 6. The van der Waals surface area contributed by atoms with Crippen LogP contribution in [0.4, 0.5) is 22.7 Å². The van der Waals surface area contributed by atoms with Gasteiger partial charge in [-0.05, 0) is 133 Å². The van der Waals surface area contributed by atoms with Crippen LogP contribution in [0.3, 0.4) is 0 Å². The molecule has 53 heavy (non-hydrogen) atoms. The lowest BCUT2D eigenvalue weighted by Crippen LogP contribution is -2.09. The summed E-state index contributed by atoms with van der Waals surface area (Å²) < 4.78 is 97.7. The molecule has 0 aliphatic heterocycles. The first-order valence-electron chi connectivity index (χ1n) is 15.7. The minimum Gasteiger partial charge on any atom is -0.379 e. The molecule has 0 saturated heterocycles. The largest absolute Gasteiger partial charge is 0.379 e. The predicted molar refractivity (Wildman–Crippen MR) is 199 cm³/mol. The molecular weight excluding hydrogens is 741 g/mol. The van der Waals surface area contributed by atoms with Gasteiger partial charge in [-0.1, -0.05) is 36.4 Å². The second-order valence-corrected chi connectivity index (χ2v) is 16.4. The minimum atomic E-state index is -4.92. The lowest BCUT2D eigenvalue weighted by Gasteiger charge is -2.09. The highest BCUT2D eigenvalue weighted by atomic mass is 32.2. The zero-order valence-electron chi connectivity index (χ0n) is 28.2. The summed E-state index contributed by atoms with van der Waals surface area (Å²) in [6, 6.07) is 29.9. The van der Waals surface area contributed by atoms with Crippen LogP contribution in [-0.4, -0.2) is 34.4 Å². The van der Waals surface area contributed by atoms with E-state index in [1.54, 1.807) is 37.3 Å². The maximum atomic E-state index is 12.6. The third-order valence-corrected chi connectivity index (χ3v) is 11.0. The molecule has 6 rings (SSSR count). The molecule has 13 nitrogen and oxygen atoms in total. The van der Waals surface area contributed by atoms with Crippen LogP contribution in [0.1, 0.15) is 16.7 Å². The average Bonchev–Trinajstić information content (AvgIpc) is 3.09. The highest BCUT2D eigenvalue weighted by molar-refractivity contribution is 7.87. The van der Waals surface area contributed by atoms with Crippen molar-refractivity contribution in [1.29, 1.82) is 0 Å². The van der Waals surface area contributed by atoms with Crippen LogP contribution < -0.4 is 4.18 Å². The standard InChI is InChI=1S/C37H30N4O9S3/c1-23-6-4-8-31(18-23)53(48,49)50-30-14-12-29(13-15-30)38-39-33-16-10-26(19-24(33)2)27-11-17-34(25(3)20-27)40-41-35-9-5-7-28-21-32(51(42,43)44)22-36(37(28)35)52(45,46)47/h4-22H,1-3H3,(H,42,43,44)(H,45,46,47). The normalized spacial score (nSPS) is 12.5. The Balaban J connectivity index is 1.18. The van der Waals surface area contributed by atoms with E-state index >= 15 is 0 Å². The first-order chi connectivity index (χ1) is 25.0. The van der Waals surface area contributed by atoms with Crippen LogP contribution in [0.2, 0.25) is 0 Å². The first kappa shape index (κ1) is 37.1. The van der Waals surface area contributed by atoms with Gasteiger partial charge in [0.25, 0.3) is 20.2 Å². The highest BCUT2D eigenvalue weighted by Gasteiger charge is 2.22. The molecular formula is C37H30N4O9S3. The second-order valence-electron chi connectivity index (χ2n) is 12.0. The third-order valence-electron chi connectivity index (χ3n) is 8.05. The molecule has 0 radical (unpaired) electrons. The van der Waals surface area contributed by atoms with Crippen LogP contribution >= 0.6 is 0 Å². The molecule has 0 atom stereocenters. The van der Waals surface area contributed by atoms with Crippen LogP contribution in [-0.2, 0) is 30.4 Å². The van der Waals surface area contributed by atoms with Gasteiger partial charge in [0.15, 0.2) is 0 Å². The summed E-state index contributed by atoms with van der Waals surface area (Å²) in [7, 11) is -13.7. The van der Waals surface area contributed by atoms with Gasteiger partial charge in [-0.3, -0.25) is 9.11 Å². The molecule has 0 aliphatic rings. The average molecular weight is 771 g/mol. The smallest absolute Gasteiger partial charge is 0.339 e. The number of hydrogen-bond acceptors (Lipinski definition) is 11. The molecule has 0 bridgehead atoms. The Morgan fingerprint density at radius 1 is 0.528 bits per heavy atom. The molecule has 2 N–H and O–H groups in total. The fourth-order valence-electron chi connectivity index (χ4n) is 5.41. The zero-order valence-corrected chi connectivity index (χ0v) is 30.7. The molecule has 16 heteroatoms. The van der Waals surface area contributed by atoms with Gasteiger partial charge in [0.2, 0.25) is 0 Å². The quantitative estimate of drug-likeness (QED) is 0.0773. The summed E-state index contributed by atoms with van der Waals surface area (Å²) in [6.07, 6.45) is 0. The monoisotopic (exact) mass is 770 g/mol. The maximum absolute atomic E-state index is 12.6. The highest BCUT2D eigenvalue weighted by Crippen LogP contribution is 2.37. The molecule has 6 aromatic rings. The van der Waals surface area contributed by atoms with Gasteiger partial charge in [-0.2, -0.15) is 40.6 Å². The SMILES string of the molecule is Cc1cccc(S(=O)(=O)Oc2ccc(N=Nc3ccc(-c4ccc(N=Nc5cccc6cc(S(=O)(=O)O)cc(S(=O)(=O)O)c56)c(C)c4)cc3C)cc2)c1. The molecule has 270 valence electrons. The predicted octanol–water partition coefficient (Wildman–Crippen LogP) is 9.52. The van der Waals surface area contributed by atoms with E-state index in [4.69, 9.17) is 4.18 Å². The molecule has 0 saturated carbocycles. The van der Waals surface area contributed by atoms with E-state index in [9.17, 15) is 34.4 Å². The van der Waals surface area contributed by atoms with Gasteiger partial charge >= 0.3 is 10.1 Å². The Morgan fingerprint density at radius 3 is 1.68 bits per heavy atom. The molecule has 0 fully saturated rings. The van der Waals surface area contributed by atoms with E-state index < -0.39 is 40.1 Å². The second kappa shape index (κ2) is 14.4. The summed E-state index contributed by atoms with van der Waals surface area (Å²) in [6.45, 7) is 5.52. The zero-order chi connectivity index (χ0) is 38.1. The molecule has 0 spiro atoms. The topological polar surface area (TPSA) is 202 Å². The molecule has 0 unspecified atom stereocenters. The lowest BCUT2D eigenvalue weighted by molar-refractivity contribution is 0.480. The molecule has 0 aliphatic carbocycles. The number of fused-ring (bicyclic) bond motifs is 1. The number of azo groups is 2. The Labute approximate surface area is 306 Å². The van der Waals surface area contributed by atoms with Crippen LogP contribution in [0, 0.1) is 20.8 Å². The first-order valence-corrected chi connectivity index (χ1v) is 19.9. The van der Waals surface area contributed by atoms with Gasteiger partial charge in [0.1, 0.15) is 15.5 Å². The lowest BCUT2D eigenvalue weighted by atomic mass is 10.0. The van der Waals surface area contributed by atoms with Gasteiger partial charge in [0.05, 0.1) is 27.6 Å². The van der Waals surface area contributed by atoms with Crippen molar-refractivity contribution in [2.45, 2.75) is 35.5 Å². The number of rotatable bonds is 10. The number of nitrogens with zero attached hydrogens (tertiary/aromatic N) is 4. The van der Waals surface area contributed by atoms with E-state index in [-0.39, 0.29) is 27.1 Å². The maximum Gasteiger partial charge on any atom is 0.339 e. The van der Waals surface area contributed by atoms with E-state index in [2.05, 4.69) is 20.5 Å². The van der Waals surface area contributed by atoms with Crippen LogP contribution in [0.15, 0.2) is 150 Å². The van der Waals surface area contributed by atoms with Crippen molar-refractivity contribution in [3.05, 3.63) is 132 Å². The Morgan fingerprint density at radius 2 is 1.11 bits per heavy atom. The van der Waals surface area contributed by atoms with Crippen molar-refractivity contribution < 1.29 is 38.5 Å². The van der Waals surface area contributed by atoms with Crippen molar-refractivity contribution in [2.75, 3.05) is 0 Å². The van der Waals surface area contributed by atoms with Gasteiger partial charge < -0.3 is 4.18 Å². The molecule has 6 aromatic carbocycles. The van der Waals surface area contributed by atoms with Crippen molar-refractivity contribution in [3.8, 4) is 16.9 Å². The Kier molecular flexibility index (Phi) is 10.1. The summed E-state index contributed by atoms with van der Waals surface area (Å²) >= 11 is 0. The Bertz CT molecular complexity index is 2800. The molecule has 0 heterocycles. The summed E-state index contributed by atoms with van der Waals surface area (Å²) in [5, 5.41) is 17.2. The van der Waals surface area contributed by atoms with E-state index in [1.807, 2.05) is 44.2 Å². The minimum absolute atomic E-state index is 0.0520. The van der Waals surface area contributed by atoms with E-state index in [0.717, 1.165) is 33.9 Å². The fraction of sp³-hybridized carbons (Fsp3) is 0.0811. The summed E-state index contributed by atoms with van der Waals surface area (Å²) in [5.74, 6) is 0.144. The van der Waals surface area contributed by atoms with E-state index in [1.165, 1.54) is 42.5 Å². The molecule has 0 aromatic heterocycles. The number of aryl methyl sites for hydroxylation is 3. The van der Waals surface area contributed by atoms with Crippen LogP contribution in [0.5, 0.6) is 5.75 Å². The fourth-order valence-corrected chi connectivity index (χ4v) is 7.82. The number of hydrogen-bond donors (Lipinski definition) is 2.